The first kappa shape index (κ1) is 21.4. The van der Waals surface area contributed by atoms with Gasteiger partial charge in [0.15, 0.2) is 9.84 Å². The number of halogens is 2. The van der Waals surface area contributed by atoms with Gasteiger partial charge < -0.3 is 9.47 Å². The molecule has 8 heteroatoms. The summed E-state index contributed by atoms with van der Waals surface area (Å²) in [6, 6.07) is 10.1. The summed E-state index contributed by atoms with van der Waals surface area (Å²) in [5, 5.41) is 1.19. The van der Waals surface area contributed by atoms with Crippen LogP contribution in [0, 0.1) is 0 Å². The van der Waals surface area contributed by atoms with Gasteiger partial charge >= 0.3 is 0 Å². The third-order valence-corrected chi connectivity index (χ3v) is 6.68. The van der Waals surface area contributed by atoms with Gasteiger partial charge in [-0.05, 0) is 55.4 Å². The molecule has 0 heterocycles. The maximum absolute atomic E-state index is 11.7. The van der Waals surface area contributed by atoms with Gasteiger partial charge in [-0.25, -0.2) is 8.42 Å². The zero-order valence-corrected chi connectivity index (χ0v) is 18.3. The number of likely N-dealkylation sites (N-methyl/N-ethyl adjacent to an activating group) is 1. The fraction of sp³-hybridized carbons (Fsp3) is 0.400. The highest BCUT2D eigenvalue weighted by Gasteiger charge is 2.38. The number of rotatable bonds is 7. The monoisotopic (exact) mass is 443 g/mol. The molecule has 0 amide bonds. The lowest BCUT2D eigenvalue weighted by atomic mass is 10.1. The average molecular weight is 444 g/mol. The van der Waals surface area contributed by atoms with Gasteiger partial charge in [0.2, 0.25) is 0 Å². The van der Waals surface area contributed by atoms with E-state index in [1.54, 1.807) is 37.4 Å². The number of ether oxygens (including phenoxy) is 2. The van der Waals surface area contributed by atoms with Crippen molar-refractivity contribution in [3.8, 4) is 5.75 Å². The van der Waals surface area contributed by atoms with Crippen LogP contribution in [-0.2, 0) is 21.0 Å². The molecule has 0 N–H and O–H groups in total. The maximum atomic E-state index is 11.7. The summed E-state index contributed by atoms with van der Waals surface area (Å²) in [6.07, 6.45) is 1.63. The Morgan fingerprint density at radius 1 is 1.18 bits per heavy atom. The molecule has 2 aromatic carbocycles. The van der Waals surface area contributed by atoms with Crippen molar-refractivity contribution >= 4 is 33.0 Å². The average Bonchev–Trinajstić information content (AvgIpc) is 2.98. The smallest absolute Gasteiger partial charge is 0.175 e. The van der Waals surface area contributed by atoms with E-state index < -0.39 is 9.84 Å². The highest BCUT2D eigenvalue weighted by atomic mass is 35.5. The molecule has 0 bridgehead atoms. The van der Waals surface area contributed by atoms with E-state index in [-0.39, 0.29) is 17.0 Å². The van der Waals surface area contributed by atoms with E-state index in [4.69, 9.17) is 32.7 Å². The standard InChI is InChI=1S/C20H23Cl2NO4S/c1-23(8-9-26-2)19-12-16-17(10-13(21)11-18(16)22)20(19)27-14-4-6-15(7-5-14)28(3,24)25/h4-7,10-11,19-20H,8-9,12H2,1-3H3/t19-,20+/m0/s1. The molecule has 0 aliphatic heterocycles. The Morgan fingerprint density at radius 2 is 1.86 bits per heavy atom. The van der Waals surface area contributed by atoms with Gasteiger partial charge in [0, 0.05) is 35.5 Å². The number of nitrogens with zero attached hydrogens (tertiary/aromatic N) is 1. The molecule has 0 radical (unpaired) electrons. The molecule has 2 aromatic rings. The van der Waals surface area contributed by atoms with Crippen LogP contribution < -0.4 is 4.74 Å². The Labute approximate surface area is 176 Å². The zero-order valence-electron chi connectivity index (χ0n) is 16.0. The van der Waals surface area contributed by atoms with Gasteiger partial charge in [0.1, 0.15) is 11.9 Å². The first-order valence-corrected chi connectivity index (χ1v) is 11.5. The minimum Gasteiger partial charge on any atom is -0.484 e. The van der Waals surface area contributed by atoms with Crippen LogP contribution in [0.15, 0.2) is 41.3 Å². The molecular formula is C20H23Cl2NO4S. The minimum absolute atomic E-state index is 0.0516. The molecule has 5 nitrogen and oxygen atoms in total. The largest absolute Gasteiger partial charge is 0.484 e. The minimum atomic E-state index is -3.25. The van der Waals surface area contributed by atoms with Crippen LogP contribution in [0.4, 0.5) is 0 Å². The summed E-state index contributed by atoms with van der Waals surface area (Å²) in [7, 11) is 0.440. The molecule has 3 rings (SSSR count). The van der Waals surface area contributed by atoms with Crippen molar-refractivity contribution < 1.29 is 17.9 Å². The van der Waals surface area contributed by atoms with Crippen molar-refractivity contribution in [2.75, 3.05) is 33.6 Å². The number of hydrogen-bond donors (Lipinski definition) is 0. The normalized spacial score (nSPS) is 19.1. The molecule has 0 saturated carbocycles. The summed E-state index contributed by atoms with van der Waals surface area (Å²) in [5.74, 6) is 0.589. The third-order valence-electron chi connectivity index (χ3n) is 4.99. The molecular weight excluding hydrogens is 421 g/mol. The second kappa shape index (κ2) is 8.59. The van der Waals surface area contributed by atoms with Crippen LogP contribution in [0.3, 0.4) is 0 Å². The number of fused-ring (bicyclic) bond motifs is 1. The van der Waals surface area contributed by atoms with Gasteiger partial charge in [-0.2, -0.15) is 0 Å². The SMILES string of the molecule is COCCN(C)[C@H]1Cc2c(Cl)cc(Cl)cc2[C@H]1Oc1ccc(S(C)(=O)=O)cc1. The van der Waals surface area contributed by atoms with Gasteiger partial charge in [-0.15, -0.1) is 0 Å². The number of methoxy groups -OCH3 is 1. The highest BCUT2D eigenvalue weighted by Crippen LogP contribution is 2.42. The van der Waals surface area contributed by atoms with Gasteiger partial charge in [-0.3, -0.25) is 4.90 Å². The summed E-state index contributed by atoms with van der Waals surface area (Å²) in [4.78, 5) is 2.44. The lowest BCUT2D eigenvalue weighted by Crippen LogP contribution is -2.39. The predicted octanol–water partition coefficient (Wildman–Crippen LogP) is 4.02. The number of benzene rings is 2. The fourth-order valence-electron chi connectivity index (χ4n) is 3.46. The van der Waals surface area contributed by atoms with Crippen molar-refractivity contribution in [3.05, 3.63) is 57.6 Å². The van der Waals surface area contributed by atoms with Crippen LogP contribution in [0.5, 0.6) is 5.75 Å². The van der Waals surface area contributed by atoms with Crippen molar-refractivity contribution in [2.24, 2.45) is 0 Å². The van der Waals surface area contributed by atoms with E-state index in [1.807, 2.05) is 13.1 Å². The van der Waals surface area contributed by atoms with Gasteiger partial charge in [0.25, 0.3) is 0 Å². The quantitative estimate of drug-likeness (QED) is 0.646. The van der Waals surface area contributed by atoms with E-state index in [2.05, 4.69) is 4.90 Å². The molecule has 2 atom stereocenters. The van der Waals surface area contributed by atoms with Crippen molar-refractivity contribution in [2.45, 2.75) is 23.5 Å². The summed E-state index contributed by atoms with van der Waals surface area (Å²) in [6.45, 7) is 1.35. The van der Waals surface area contributed by atoms with E-state index in [0.29, 0.717) is 22.4 Å². The zero-order chi connectivity index (χ0) is 20.5. The molecule has 0 saturated heterocycles. The molecule has 0 fully saturated rings. The molecule has 1 aliphatic carbocycles. The Bertz CT molecular complexity index is 947. The van der Waals surface area contributed by atoms with Gasteiger partial charge in [-0.1, -0.05) is 23.2 Å². The predicted molar refractivity (Wildman–Crippen MR) is 111 cm³/mol. The van der Waals surface area contributed by atoms with Crippen LogP contribution in [0.25, 0.3) is 0 Å². The molecule has 0 aromatic heterocycles. The lowest BCUT2D eigenvalue weighted by Gasteiger charge is -2.30. The Morgan fingerprint density at radius 3 is 2.46 bits per heavy atom. The molecule has 152 valence electrons. The maximum Gasteiger partial charge on any atom is 0.175 e. The fourth-order valence-corrected chi connectivity index (χ4v) is 4.67. The van der Waals surface area contributed by atoms with Crippen LogP contribution in [0.2, 0.25) is 10.0 Å². The second-order valence-corrected chi connectivity index (χ2v) is 9.84. The van der Waals surface area contributed by atoms with Crippen molar-refractivity contribution in [1.29, 1.82) is 0 Å². The number of sulfone groups is 1. The molecule has 0 unspecified atom stereocenters. The molecule has 1 aliphatic rings. The van der Waals surface area contributed by atoms with E-state index in [1.165, 1.54) is 6.26 Å². The molecule has 0 spiro atoms. The Hall–Kier alpha value is -1.31. The summed E-state index contributed by atoms with van der Waals surface area (Å²) < 4.78 is 34.9. The molecule has 28 heavy (non-hydrogen) atoms. The second-order valence-electron chi connectivity index (χ2n) is 6.98. The van der Waals surface area contributed by atoms with Gasteiger partial charge in [0.05, 0.1) is 17.5 Å². The van der Waals surface area contributed by atoms with Crippen LogP contribution in [-0.4, -0.2) is 52.9 Å². The first-order valence-electron chi connectivity index (χ1n) is 8.84. The summed E-state index contributed by atoms with van der Waals surface area (Å²) >= 11 is 12.7. The lowest BCUT2D eigenvalue weighted by molar-refractivity contribution is 0.0734. The first-order chi connectivity index (χ1) is 13.2. The van der Waals surface area contributed by atoms with Crippen LogP contribution in [0.1, 0.15) is 17.2 Å². The Kier molecular flexibility index (Phi) is 6.57. The Balaban J connectivity index is 1.92. The topological polar surface area (TPSA) is 55.8 Å². The van der Waals surface area contributed by atoms with Crippen molar-refractivity contribution in [1.82, 2.24) is 4.90 Å². The number of hydrogen-bond acceptors (Lipinski definition) is 5. The van der Waals surface area contributed by atoms with Crippen LogP contribution >= 0.6 is 23.2 Å². The third kappa shape index (κ3) is 4.63. The van der Waals surface area contributed by atoms with E-state index in [9.17, 15) is 8.42 Å². The summed E-state index contributed by atoms with van der Waals surface area (Å²) in [5.41, 5.74) is 1.98. The van der Waals surface area contributed by atoms with E-state index >= 15 is 0 Å². The highest BCUT2D eigenvalue weighted by molar-refractivity contribution is 7.90. The van der Waals surface area contributed by atoms with E-state index in [0.717, 1.165) is 24.1 Å². The van der Waals surface area contributed by atoms with Crippen molar-refractivity contribution in [3.63, 3.8) is 0 Å².